The van der Waals surface area contributed by atoms with E-state index in [1.807, 2.05) is 25.1 Å². The van der Waals surface area contributed by atoms with Crippen LogP contribution in [0.3, 0.4) is 0 Å². The highest BCUT2D eigenvalue weighted by Crippen LogP contribution is 2.39. The Hall–Kier alpha value is -3.00. The lowest BCUT2D eigenvalue weighted by Crippen LogP contribution is -2.28. The molecule has 0 saturated carbocycles. The topological polar surface area (TPSA) is 96.0 Å². The summed E-state index contributed by atoms with van der Waals surface area (Å²) >= 11 is 3.30. The lowest BCUT2D eigenvalue weighted by atomic mass is 10.1. The van der Waals surface area contributed by atoms with Crippen LogP contribution in [0.5, 0.6) is 5.88 Å². The van der Waals surface area contributed by atoms with E-state index in [0.29, 0.717) is 16.6 Å². The van der Waals surface area contributed by atoms with Crippen molar-refractivity contribution in [2.24, 2.45) is 10.2 Å². The maximum atomic E-state index is 12.2. The number of nitrogens with one attached hydrogen (secondary N) is 1. The molecule has 0 radical (unpaired) electrons. The maximum Gasteiger partial charge on any atom is 0.283 e. The highest BCUT2D eigenvalue weighted by molar-refractivity contribution is 9.10. The molecular formula is C22H23BrN4O3. The van der Waals surface area contributed by atoms with Crippen molar-refractivity contribution in [2.45, 2.75) is 33.2 Å². The summed E-state index contributed by atoms with van der Waals surface area (Å²) in [6, 6.07) is 12.7. The van der Waals surface area contributed by atoms with Crippen molar-refractivity contribution in [1.82, 2.24) is 9.88 Å². The van der Waals surface area contributed by atoms with Gasteiger partial charge in [0.15, 0.2) is 5.69 Å². The Morgan fingerprint density at radius 1 is 1.20 bits per heavy atom. The second-order valence-electron chi connectivity index (χ2n) is 6.95. The number of aromatic hydroxyl groups is 1. The molecule has 8 heteroatoms. The summed E-state index contributed by atoms with van der Waals surface area (Å²) in [5.74, 6) is -1.02. The van der Waals surface area contributed by atoms with Gasteiger partial charge in [-0.1, -0.05) is 37.1 Å². The minimum Gasteiger partial charge on any atom is -0.493 e. The molecular weight excluding hydrogens is 448 g/mol. The Morgan fingerprint density at radius 2 is 1.97 bits per heavy atom. The Morgan fingerprint density at radius 3 is 2.70 bits per heavy atom. The van der Waals surface area contributed by atoms with Gasteiger partial charge in [-0.2, -0.15) is 0 Å². The molecule has 156 valence electrons. The van der Waals surface area contributed by atoms with E-state index >= 15 is 0 Å². The molecule has 0 spiro atoms. The molecule has 0 aliphatic heterocycles. The van der Waals surface area contributed by atoms with Gasteiger partial charge >= 0.3 is 0 Å². The van der Waals surface area contributed by atoms with Crippen molar-refractivity contribution in [1.29, 1.82) is 0 Å². The molecule has 0 fully saturated rings. The summed E-state index contributed by atoms with van der Waals surface area (Å²) in [4.78, 5) is 24.4. The normalized spacial score (nSPS) is 11.3. The first-order valence-electron chi connectivity index (χ1n) is 9.71. The van der Waals surface area contributed by atoms with Crippen molar-refractivity contribution >= 4 is 44.3 Å². The fraction of sp³-hybridized carbons (Fsp3) is 0.273. The van der Waals surface area contributed by atoms with Crippen molar-refractivity contribution in [3.63, 3.8) is 0 Å². The van der Waals surface area contributed by atoms with Crippen LogP contribution in [0.4, 0.5) is 5.69 Å². The van der Waals surface area contributed by atoms with Gasteiger partial charge in [-0.25, -0.2) is 0 Å². The number of fused-ring (bicyclic) bond motifs is 1. The van der Waals surface area contributed by atoms with Crippen LogP contribution in [0.2, 0.25) is 0 Å². The quantitative estimate of drug-likeness (QED) is 0.460. The summed E-state index contributed by atoms with van der Waals surface area (Å²) in [7, 11) is 0. The SMILES string of the molecule is CCCCn1c(O)c(N=NC(=O)CNC(=O)c2ccccc2Br)c2cc(C)ccc21. The number of halogens is 1. The number of carbonyl (C=O) groups is 2. The van der Waals surface area contributed by atoms with Gasteiger partial charge in [0.1, 0.15) is 6.54 Å². The van der Waals surface area contributed by atoms with Gasteiger partial charge < -0.3 is 15.0 Å². The molecule has 2 aromatic carbocycles. The highest BCUT2D eigenvalue weighted by atomic mass is 79.9. The largest absolute Gasteiger partial charge is 0.493 e. The van der Waals surface area contributed by atoms with Gasteiger partial charge in [0, 0.05) is 16.4 Å². The van der Waals surface area contributed by atoms with Crippen molar-refractivity contribution in [3.05, 3.63) is 58.1 Å². The number of azo groups is 1. The van der Waals surface area contributed by atoms with Crippen LogP contribution in [0.25, 0.3) is 10.9 Å². The monoisotopic (exact) mass is 470 g/mol. The van der Waals surface area contributed by atoms with Crippen LogP contribution in [-0.4, -0.2) is 28.0 Å². The van der Waals surface area contributed by atoms with E-state index < -0.39 is 5.91 Å². The molecule has 2 amide bonds. The molecule has 0 aliphatic rings. The number of aromatic nitrogens is 1. The second kappa shape index (κ2) is 9.67. The number of hydrogen-bond acceptors (Lipinski definition) is 4. The second-order valence-corrected chi connectivity index (χ2v) is 7.81. The van der Waals surface area contributed by atoms with Crippen LogP contribution < -0.4 is 5.32 Å². The Labute approximate surface area is 182 Å². The van der Waals surface area contributed by atoms with Gasteiger partial charge in [-0.3, -0.25) is 9.59 Å². The number of amides is 2. The van der Waals surface area contributed by atoms with E-state index in [1.54, 1.807) is 28.8 Å². The molecule has 3 rings (SSSR count). The van der Waals surface area contributed by atoms with Gasteiger partial charge in [0.2, 0.25) is 5.88 Å². The Bertz CT molecular complexity index is 1120. The van der Waals surface area contributed by atoms with E-state index in [4.69, 9.17) is 0 Å². The molecule has 1 heterocycles. The minimum absolute atomic E-state index is 0.0159. The number of nitrogens with zero attached hydrogens (tertiary/aromatic N) is 3. The van der Waals surface area contributed by atoms with E-state index in [0.717, 1.165) is 29.3 Å². The third-order valence-electron chi connectivity index (χ3n) is 4.68. The van der Waals surface area contributed by atoms with Gasteiger partial charge in [0.25, 0.3) is 11.8 Å². The van der Waals surface area contributed by atoms with Crippen LogP contribution in [0.15, 0.2) is 57.2 Å². The zero-order valence-corrected chi connectivity index (χ0v) is 18.4. The molecule has 0 unspecified atom stereocenters. The molecule has 3 aromatic rings. The minimum atomic E-state index is -0.614. The fourth-order valence-electron chi connectivity index (χ4n) is 3.12. The summed E-state index contributed by atoms with van der Waals surface area (Å²) in [6.45, 7) is 4.38. The first kappa shape index (κ1) is 21.7. The molecule has 0 aliphatic carbocycles. The number of carbonyl (C=O) groups excluding carboxylic acids is 2. The average Bonchev–Trinajstić information content (AvgIpc) is 2.99. The fourth-order valence-corrected chi connectivity index (χ4v) is 3.58. The molecule has 7 nitrogen and oxygen atoms in total. The van der Waals surface area contributed by atoms with Crippen LogP contribution in [0.1, 0.15) is 35.7 Å². The van der Waals surface area contributed by atoms with Gasteiger partial charge in [-0.05, 0) is 53.5 Å². The maximum absolute atomic E-state index is 12.2. The number of aryl methyl sites for hydroxylation is 2. The van der Waals surface area contributed by atoms with Gasteiger partial charge in [-0.15, -0.1) is 10.2 Å². The first-order chi connectivity index (χ1) is 14.4. The number of rotatable bonds is 7. The van der Waals surface area contributed by atoms with Crippen molar-refractivity contribution in [3.8, 4) is 5.88 Å². The molecule has 2 N–H and O–H groups in total. The molecule has 1 aromatic heterocycles. The van der Waals surface area contributed by atoms with Gasteiger partial charge in [0.05, 0.1) is 11.1 Å². The summed E-state index contributed by atoms with van der Waals surface area (Å²) in [5.41, 5.74) is 2.54. The van der Waals surface area contributed by atoms with E-state index in [9.17, 15) is 14.7 Å². The number of unbranched alkanes of at least 4 members (excludes halogenated alkanes) is 1. The predicted molar refractivity (Wildman–Crippen MR) is 119 cm³/mol. The highest BCUT2D eigenvalue weighted by Gasteiger charge is 2.17. The lowest BCUT2D eigenvalue weighted by molar-refractivity contribution is -0.117. The first-order valence-corrected chi connectivity index (χ1v) is 10.5. The lowest BCUT2D eigenvalue weighted by Gasteiger charge is -2.05. The van der Waals surface area contributed by atoms with Crippen molar-refractivity contribution in [2.75, 3.05) is 6.54 Å². The zero-order chi connectivity index (χ0) is 21.7. The summed E-state index contributed by atoms with van der Waals surface area (Å²) < 4.78 is 2.42. The smallest absolute Gasteiger partial charge is 0.283 e. The van der Waals surface area contributed by atoms with E-state index in [2.05, 4.69) is 38.4 Å². The summed E-state index contributed by atoms with van der Waals surface area (Å²) in [5, 5.41) is 21.6. The zero-order valence-electron chi connectivity index (χ0n) is 16.9. The molecule has 0 atom stereocenters. The van der Waals surface area contributed by atoms with E-state index in [-0.39, 0.29) is 24.0 Å². The van der Waals surface area contributed by atoms with E-state index in [1.165, 1.54) is 0 Å². The Kier molecular flexibility index (Phi) is 6.99. The van der Waals surface area contributed by atoms with Crippen LogP contribution >= 0.6 is 15.9 Å². The van der Waals surface area contributed by atoms with Crippen LogP contribution in [0, 0.1) is 6.92 Å². The summed E-state index contributed by atoms with van der Waals surface area (Å²) in [6.07, 6.45) is 1.89. The Balaban J connectivity index is 1.77. The van der Waals surface area contributed by atoms with Crippen molar-refractivity contribution < 1.29 is 14.7 Å². The molecule has 30 heavy (non-hydrogen) atoms. The predicted octanol–water partition coefficient (Wildman–Crippen LogP) is 5.26. The molecule has 0 bridgehead atoms. The van der Waals surface area contributed by atoms with Crippen LogP contribution in [-0.2, 0) is 11.3 Å². The number of benzene rings is 2. The average molecular weight is 471 g/mol. The molecule has 0 saturated heterocycles. The standard InChI is InChI=1S/C22H23BrN4O3/c1-3-4-11-27-18-10-9-14(2)12-16(18)20(22(27)30)26-25-19(28)13-24-21(29)15-7-5-6-8-17(15)23/h5-10,12,30H,3-4,11,13H2,1-2H3,(H,24,29). The third kappa shape index (κ3) is 4.76. The third-order valence-corrected chi connectivity index (χ3v) is 5.37. The number of hydrogen-bond donors (Lipinski definition) is 2.